The summed E-state index contributed by atoms with van der Waals surface area (Å²) in [7, 11) is 0. The van der Waals surface area contributed by atoms with Crippen molar-refractivity contribution in [1.29, 1.82) is 0 Å². The van der Waals surface area contributed by atoms with Gasteiger partial charge in [-0.1, -0.05) is 24.3 Å². The van der Waals surface area contributed by atoms with Crippen molar-refractivity contribution in [3.63, 3.8) is 0 Å². The maximum absolute atomic E-state index is 14.4. The third-order valence-corrected chi connectivity index (χ3v) is 9.40. The fourth-order valence-corrected chi connectivity index (χ4v) is 7.57. The number of alkyl halides is 1. The minimum absolute atomic E-state index is 0.209. The first-order valence-corrected chi connectivity index (χ1v) is 14.5. The summed E-state index contributed by atoms with van der Waals surface area (Å²) >= 11 is 0. The van der Waals surface area contributed by atoms with E-state index in [2.05, 4.69) is 21.2 Å². The van der Waals surface area contributed by atoms with Crippen molar-refractivity contribution in [1.82, 2.24) is 25.2 Å². The second kappa shape index (κ2) is 9.24. The number of nitrogens with one attached hydrogen (secondary N) is 1. The Morgan fingerprint density at radius 1 is 1.07 bits per heavy atom. The third kappa shape index (κ3) is 4.06. The minimum atomic E-state index is -0.808. The number of rotatable bonds is 5. The highest BCUT2D eigenvalue weighted by molar-refractivity contribution is 5.99. The molecule has 2 aromatic heterocycles. The molecule has 0 spiro atoms. The predicted octanol–water partition coefficient (Wildman–Crippen LogP) is 4.45. The molecule has 9 heteroatoms. The normalized spacial score (nSPS) is 28.0. The molecule has 4 aromatic rings. The third-order valence-electron chi connectivity index (χ3n) is 9.40. The van der Waals surface area contributed by atoms with Crippen LogP contribution >= 0.6 is 0 Å². The molecule has 8 nitrogen and oxygen atoms in total. The lowest BCUT2D eigenvalue weighted by atomic mass is 9.95. The van der Waals surface area contributed by atoms with Gasteiger partial charge in [-0.15, -0.1) is 0 Å². The number of aromatic nitrogens is 3. The van der Waals surface area contributed by atoms with Crippen LogP contribution < -0.4 is 15.0 Å². The molecule has 40 heavy (non-hydrogen) atoms. The number of piperazine rings is 1. The Hall–Kier alpha value is -3.56. The van der Waals surface area contributed by atoms with Crippen molar-refractivity contribution in [3.8, 4) is 22.9 Å². The molecule has 4 aliphatic heterocycles. The number of aromatic hydroxyl groups is 1. The molecule has 0 aliphatic carbocycles. The quantitative estimate of drug-likeness (QED) is 0.384. The van der Waals surface area contributed by atoms with Gasteiger partial charge in [0.25, 0.3) is 0 Å². The zero-order valence-corrected chi connectivity index (χ0v) is 22.4. The number of nitrogens with zero attached hydrogens (tertiary/aromatic N) is 5. The van der Waals surface area contributed by atoms with Crippen LogP contribution in [0.5, 0.6) is 11.8 Å². The van der Waals surface area contributed by atoms with E-state index in [1.807, 2.05) is 30.5 Å². The summed E-state index contributed by atoms with van der Waals surface area (Å²) in [5.41, 5.74) is 2.94. The number of ether oxygens (including phenoxy) is 1. The molecular weight excluding hydrogens is 507 g/mol. The Kier molecular flexibility index (Phi) is 5.60. The standard InChI is InChI=1S/C31H33FN6O2/c32-21-13-31(8-3-9-38(31)15-21)18-40-30-35-27-11-20(26-12-24(39)10-19-4-1-2-5-25(19)26)14-33-28(27)29(36-30)37-16-22-6-7-23(17-37)34-22/h1-2,4-5,10-12,14,21-23,34,39H,3,6-9,13,15-18H2/t21-,22?,23?,31?/m1/s1. The van der Waals surface area contributed by atoms with E-state index in [0.717, 1.165) is 65.7 Å². The maximum atomic E-state index is 14.4. The second-order valence-electron chi connectivity index (χ2n) is 12.0. The lowest BCUT2D eigenvalue weighted by Gasteiger charge is -2.34. The van der Waals surface area contributed by atoms with Gasteiger partial charge in [-0.25, -0.2) is 4.39 Å². The summed E-state index contributed by atoms with van der Waals surface area (Å²) in [5.74, 6) is 1.00. The van der Waals surface area contributed by atoms with Crippen LogP contribution in [0.2, 0.25) is 0 Å². The van der Waals surface area contributed by atoms with E-state index in [1.165, 1.54) is 12.8 Å². The van der Waals surface area contributed by atoms with Crippen LogP contribution in [0.25, 0.3) is 32.9 Å². The van der Waals surface area contributed by atoms with E-state index in [0.29, 0.717) is 43.2 Å². The van der Waals surface area contributed by atoms with Gasteiger partial charge in [0.15, 0.2) is 5.82 Å². The summed E-state index contributed by atoms with van der Waals surface area (Å²) in [6.07, 6.45) is 5.88. The molecule has 0 radical (unpaired) electrons. The van der Waals surface area contributed by atoms with Gasteiger partial charge in [0.1, 0.15) is 24.0 Å². The SMILES string of the molecule is Oc1cc(-c2cnc3c(N4CC5CCC(C4)N5)nc(OCC45CCCN4C[C@H](F)C5)nc3c2)c2ccccc2c1. The molecule has 3 unspecified atom stereocenters. The number of phenolic OH excluding ortho intramolecular Hbond substituents is 1. The molecule has 4 atom stereocenters. The number of pyridine rings is 1. The summed E-state index contributed by atoms with van der Waals surface area (Å²) < 4.78 is 20.7. The molecule has 2 aromatic carbocycles. The molecule has 2 bridgehead atoms. The summed E-state index contributed by atoms with van der Waals surface area (Å²) in [4.78, 5) is 19.2. The van der Waals surface area contributed by atoms with Crippen molar-refractivity contribution in [2.45, 2.75) is 55.9 Å². The molecule has 4 fully saturated rings. The molecule has 2 N–H and O–H groups in total. The fourth-order valence-electron chi connectivity index (χ4n) is 7.57. The van der Waals surface area contributed by atoms with Crippen molar-refractivity contribution in [2.24, 2.45) is 0 Å². The first-order chi connectivity index (χ1) is 19.5. The number of hydrogen-bond acceptors (Lipinski definition) is 8. The summed E-state index contributed by atoms with van der Waals surface area (Å²) in [6.45, 7) is 3.52. The van der Waals surface area contributed by atoms with Crippen molar-refractivity contribution < 1.29 is 14.2 Å². The minimum Gasteiger partial charge on any atom is -0.508 e. The van der Waals surface area contributed by atoms with Gasteiger partial charge in [-0.2, -0.15) is 9.97 Å². The molecule has 6 heterocycles. The molecule has 0 saturated carbocycles. The van der Waals surface area contributed by atoms with Crippen LogP contribution in [0.15, 0.2) is 48.7 Å². The van der Waals surface area contributed by atoms with E-state index >= 15 is 0 Å². The Balaban J connectivity index is 1.21. The average molecular weight is 541 g/mol. The van der Waals surface area contributed by atoms with Crippen LogP contribution in [0.4, 0.5) is 10.2 Å². The van der Waals surface area contributed by atoms with Gasteiger partial charge in [-0.05, 0) is 66.8 Å². The summed E-state index contributed by atoms with van der Waals surface area (Å²) in [5, 5.41) is 16.1. The van der Waals surface area contributed by atoms with E-state index in [-0.39, 0.29) is 11.3 Å². The lowest BCUT2D eigenvalue weighted by molar-refractivity contribution is 0.107. The first kappa shape index (κ1) is 24.3. The Labute approximate surface area is 232 Å². The lowest BCUT2D eigenvalue weighted by Crippen LogP contribution is -2.51. The summed E-state index contributed by atoms with van der Waals surface area (Å²) in [6, 6.07) is 14.8. The van der Waals surface area contributed by atoms with Crippen LogP contribution in [-0.4, -0.2) is 81.5 Å². The van der Waals surface area contributed by atoms with Crippen molar-refractivity contribution in [2.75, 3.05) is 37.7 Å². The zero-order valence-electron chi connectivity index (χ0n) is 22.4. The van der Waals surface area contributed by atoms with Crippen LogP contribution in [0, 0.1) is 0 Å². The number of hydrogen-bond donors (Lipinski definition) is 2. The van der Waals surface area contributed by atoms with Crippen molar-refractivity contribution >= 4 is 27.6 Å². The van der Waals surface area contributed by atoms with Crippen molar-refractivity contribution in [3.05, 3.63) is 48.7 Å². The van der Waals surface area contributed by atoms with E-state index in [4.69, 9.17) is 19.7 Å². The molecular formula is C31H33FN6O2. The predicted molar refractivity (Wildman–Crippen MR) is 153 cm³/mol. The van der Waals surface area contributed by atoms with Gasteiger partial charge in [-0.3, -0.25) is 9.88 Å². The van der Waals surface area contributed by atoms with Gasteiger partial charge in [0, 0.05) is 49.9 Å². The van der Waals surface area contributed by atoms with E-state index < -0.39 is 6.17 Å². The highest BCUT2D eigenvalue weighted by Gasteiger charge is 2.49. The number of benzene rings is 2. The Morgan fingerprint density at radius 2 is 1.93 bits per heavy atom. The fraction of sp³-hybridized carbons (Fsp3) is 0.452. The molecule has 8 rings (SSSR count). The number of phenols is 1. The highest BCUT2D eigenvalue weighted by Crippen LogP contribution is 2.41. The first-order valence-electron chi connectivity index (χ1n) is 14.5. The Bertz CT molecular complexity index is 1600. The van der Waals surface area contributed by atoms with Crippen LogP contribution in [-0.2, 0) is 0 Å². The smallest absolute Gasteiger partial charge is 0.319 e. The van der Waals surface area contributed by atoms with Gasteiger partial charge in [0.05, 0.1) is 11.1 Å². The van der Waals surface area contributed by atoms with Gasteiger partial charge >= 0.3 is 6.01 Å². The highest BCUT2D eigenvalue weighted by atomic mass is 19.1. The number of anilines is 1. The van der Waals surface area contributed by atoms with E-state index in [1.54, 1.807) is 12.1 Å². The van der Waals surface area contributed by atoms with Crippen LogP contribution in [0.3, 0.4) is 0 Å². The second-order valence-corrected chi connectivity index (χ2v) is 12.0. The number of fused-ring (bicyclic) bond motifs is 5. The number of halogens is 1. The van der Waals surface area contributed by atoms with Crippen LogP contribution in [0.1, 0.15) is 32.1 Å². The Morgan fingerprint density at radius 3 is 2.80 bits per heavy atom. The molecule has 4 saturated heterocycles. The zero-order chi connectivity index (χ0) is 26.8. The van der Waals surface area contributed by atoms with Gasteiger partial charge < -0.3 is 20.1 Å². The van der Waals surface area contributed by atoms with Gasteiger partial charge in [0.2, 0.25) is 0 Å². The topological polar surface area (TPSA) is 86.6 Å². The monoisotopic (exact) mass is 540 g/mol. The average Bonchev–Trinajstić information content (AvgIpc) is 3.60. The van der Waals surface area contributed by atoms with E-state index in [9.17, 15) is 9.50 Å². The largest absolute Gasteiger partial charge is 0.508 e. The maximum Gasteiger partial charge on any atom is 0.319 e. The molecule has 4 aliphatic rings. The molecule has 206 valence electrons. The molecule has 0 amide bonds.